The van der Waals surface area contributed by atoms with Crippen molar-refractivity contribution in [2.24, 2.45) is 5.73 Å². The molecule has 0 bridgehead atoms. The lowest BCUT2D eigenvalue weighted by molar-refractivity contribution is 0.575. The van der Waals surface area contributed by atoms with Gasteiger partial charge in [0.05, 0.1) is 6.04 Å². The van der Waals surface area contributed by atoms with Crippen molar-refractivity contribution in [1.29, 1.82) is 0 Å². The van der Waals surface area contributed by atoms with Crippen LogP contribution < -0.4 is 5.73 Å². The Morgan fingerprint density at radius 1 is 1.00 bits per heavy atom. The molecule has 1 nitrogen and oxygen atoms in total. The van der Waals surface area contributed by atoms with Gasteiger partial charge in [-0.1, -0.05) is 27.5 Å². The van der Waals surface area contributed by atoms with E-state index < -0.39 is 17.7 Å². The highest BCUT2D eigenvalue weighted by molar-refractivity contribution is 9.10. The Morgan fingerprint density at radius 3 is 2.22 bits per heavy atom. The topological polar surface area (TPSA) is 26.0 Å². The van der Waals surface area contributed by atoms with E-state index >= 15 is 0 Å². The molecule has 0 radical (unpaired) electrons. The Morgan fingerprint density at radius 2 is 1.56 bits per heavy atom. The molecule has 0 heterocycles. The first-order chi connectivity index (χ1) is 8.49. The average Bonchev–Trinajstić information content (AvgIpc) is 2.34. The molecule has 5 heteroatoms. The molecule has 0 saturated carbocycles. The van der Waals surface area contributed by atoms with E-state index in [1.165, 1.54) is 30.3 Å². The van der Waals surface area contributed by atoms with Crippen LogP contribution in [0.2, 0.25) is 5.02 Å². The quantitative estimate of drug-likeness (QED) is 0.865. The van der Waals surface area contributed by atoms with Crippen LogP contribution in [0.1, 0.15) is 17.2 Å². The van der Waals surface area contributed by atoms with Gasteiger partial charge in [-0.15, -0.1) is 0 Å². The third kappa shape index (κ3) is 2.71. The highest BCUT2D eigenvalue weighted by Crippen LogP contribution is 2.28. The summed E-state index contributed by atoms with van der Waals surface area (Å²) in [5.74, 6) is -0.989. The maximum atomic E-state index is 13.7. The van der Waals surface area contributed by atoms with Gasteiger partial charge in [0.1, 0.15) is 11.6 Å². The van der Waals surface area contributed by atoms with Crippen molar-refractivity contribution >= 4 is 27.5 Å². The van der Waals surface area contributed by atoms with Crippen LogP contribution in [0.5, 0.6) is 0 Å². The second kappa shape index (κ2) is 5.34. The van der Waals surface area contributed by atoms with Gasteiger partial charge in [0.25, 0.3) is 0 Å². The van der Waals surface area contributed by atoms with E-state index in [1.54, 1.807) is 6.07 Å². The molecule has 2 N–H and O–H groups in total. The molecule has 0 aliphatic carbocycles. The second-order valence-corrected chi connectivity index (χ2v) is 5.16. The number of hydrogen-bond acceptors (Lipinski definition) is 1. The van der Waals surface area contributed by atoms with E-state index in [9.17, 15) is 8.78 Å². The number of benzene rings is 2. The maximum Gasteiger partial charge on any atom is 0.128 e. The summed E-state index contributed by atoms with van der Waals surface area (Å²) in [7, 11) is 0. The predicted molar refractivity (Wildman–Crippen MR) is 71.5 cm³/mol. The molecule has 0 amide bonds. The summed E-state index contributed by atoms with van der Waals surface area (Å²) in [5.41, 5.74) is 6.28. The fraction of sp³-hybridized carbons (Fsp3) is 0.0769. The van der Waals surface area contributed by atoms with Gasteiger partial charge in [-0.2, -0.15) is 0 Å². The van der Waals surface area contributed by atoms with Crippen molar-refractivity contribution in [3.05, 3.63) is 68.7 Å². The molecule has 1 unspecified atom stereocenters. The Labute approximate surface area is 117 Å². The molecule has 0 aliphatic rings. The summed E-state index contributed by atoms with van der Waals surface area (Å²) in [6.07, 6.45) is 0. The van der Waals surface area contributed by atoms with E-state index in [2.05, 4.69) is 15.9 Å². The molecule has 2 rings (SSSR count). The first kappa shape index (κ1) is 13.5. The second-order valence-electron chi connectivity index (χ2n) is 3.81. The van der Waals surface area contributed by atoms with Gasteiger partial charge in [-0.3, -0.25) is 0 Å². The van der Waals surface area contributed by atoms with E-state index in [-0.39, 0.29) is 11.1 Å². The smallest absolute Gasteiger partial charge is 0.128 e. The van der Waals surface area contributed by atoms with Gasteiger partial charge in [0.2, 0.25) is 0 Å². The van der Waals surface area contributed by atoms with Crippen LogP contribution in [-0.2, 0) is 0 Å². The highest BCUT2D eigenvalue weighted by atomic mass is 79.9. The third-order valence-electron chi connectivity index (χ3n) is 2.59. The molecular formula is C13H9BrClF2N. The molecule has 0 aromatic heterocycles. The minimum Gasteiger partial charge on any atom is -0.320 e. The van der Waals surface area contributed by atoms with Crippen molar-refractivity contribution in [2.45, 2.75) is 6.04 Å². The molecule has 2 aromatic rings. The van der Waals surface area contributed by atoms with Crippen molar-refractivity contribution < 1.29 is 8.78 Å². The Kier molecular flexibility index (Phi) is 4.00. The van der Waals surface area contributed by atoms with Crippen LogP contribution >= 0.6 is 27.5 Å². The Balaban J connectivity index is 2.50. The molecule has 1 atom stereocenters. The van der Waals surface area contributed by atoms with Gasteiger partial charge >= 0.3 is 0 Å². The Bertz CT molecular complexity index is 538. The van der Waals surface area contributed by atoms with Gasteiger partial charge < -0.3 is 5.73 Å². The zero-order chi connectivity index (χ0) is 13.3. The van der Waals surface area contributed by atoms with Crippen molar-refractivity contribution in [1.82, 2.24) is 0 Å². The third-order valence-corrected chi connectivity index (χ3v) is 3.31. The summed E-state index contributed by atoms with van der Waals surface area (Å²) in [5, 5.41) is 0.359. The lowest BCUT2D eigenvalue weighted by atomic mass is 9.99. The molecule has 0 spiro atoms. The molecule has 0 fully saturated rings. The summed E-state index contributed by atoms with van der Waals surface area (Å²) in [6, 6.07) is 7.50. The van der Waals surface area contributed by atoms with E-state index in [0.717, 1.165) is 0 Å². The molecular weight excluding hydrogens is 324 g/mol. The monoisotopic (exact) mass is 331 g/mol. The van der Waals surface area contributed by atoms with E-state index in [1.807, 2.05) is 0 Å². The van der Waals surface area contributed by atoms with Crippen LogP contribution in [0, 0.1) is 11.6 Å². The lowest BCUT2D eigenvalue weighted by Crippen LogP contribution is -2.15. The summed E-state index contributed by atoms with van der Waals surface area (Å²) in [4.78, 5) is 0. The predicted octanol–water partition coefficient (Wildman–Crippen LogP) is 4.43. The van der Waals surface area contributed by atoms with Crippen molar-refractivity contribution in [2.75, 3.05) is 0 Å². The van der Waals surface area contributed by atoms with Gasteiger partial charge in [0, 0.05) is 20.6 Å². The number of nitrogens with two attached hydrogens (primary N) is 1. The molecule has 2 aromatic carbocycles. The maximum absolute atomic E-state index is 13.7. The lowest BCUT2D eigenvalue weighted by Gasteiger charge is -2.15. The highest BCUT2D eigenvalue weighted by Gasteiger charge is 2.17. The SMILES string of the molecule is NC(c1cc(Cl)ccc1F)c1cc(Br)ccc1F. The summed E-state index contributed by atoms with van der Waals surface area (Å²) in [6.45, 7) is 0. The van der Waals surface area contributed by atoms with Gasteiger partial charge in [0.15, 0.2) is 0 Å². The standard InChI is InChI=1S/C13H9BrClF2N/c14-7-1-3-11(16)9(5-7)13(18)10-6-8(15)2-4-12(10)17/h1-6,13H,18H2. The van der Waals surface area contributed by atoms with Crippen molar-refractivity contribution in [3.63, 3.8) is 0 Å². The first-order valence-electron chi connectivity index (χ1n) is 5.14. The summed E-state index contributed by atoms with van der Waals surface area (Å²) >= 11 is 9.02. The normalized spacial score (nSPS) is 12.5. The van der Waals surface area contributed by atoms with E-state index in [0.29, 0.717) is 9.50 Å². The zero-order valence-electron chi connectivity index (χ0n) is 9.13. The van der Waals surface area contributed by atoms with Crippen LogP contribution in [0.4, 0.5) is 8.78 Å². The minimum atomic E-state index is -0.902. The van der Waals surface area contributed by atoms with Gasteiger partial charge in [-0.05, 0) is 36.4 Å². The average molecular weight is 333 g/mol. The number of halogens is 4. The minimum absolute atomic E-state index is 0.166. The van der Waals surface area contributed by atoms with Crippen LogP contribution in [0.3, 0.4) is 0 Å². The van der Waals surface area contributed by atoms with Crippen molar-refractivity contribution in [3.8, 4) is 0 Å². The molecule has 0 saturated heterocycles. The van der Waals surface area contributed by atoms with Gasteiger partial charge in [-0.25, -0.2) is 8.78 Å². The summed E-state index contributed by atoms with van der Waals surface area (Å²) < 4.78 is 28.0. The zero-order valence-corrected chi connectivity index (χ0v) is 11.5. The van der Waals surface area contributed by atoms with Crippen LogP contribution in [0.25, 0.3) is 0 Å². The van der Waals surface area contributed by atoms with Crippen LogP contribution in [0.15, 0.2) is 40.9 Å². The molecule has 0 aliphatic heterocycles. The fourth-order valence-corrected chi connectivity index (χ4v) is 2.23. The molecule has 94 valence electrons. The largest absolute Gasteiger partial charge is 0.320 e. The first-order valence-corrected chi connectivity index (χ1v) is 6.31. The van der Waals surface area contributed by atoms with E-state index in [4.69, 9.17) is 17.3 Å². The van der Waals surface area contributed by atoms with Crippen LogP contribution in [-0.4, -0.2) is 0 Å². The Hall–Kier alpha value is -0.970. The molecule has 18 heavy (non-hydrogen) atoms. The fourth-order valence-electron chi connectivity index (χ4n) is 1.67. The number of hydrogen-bond donors (Lipinski definition) is 1. The number of rotatable bonds is 2.